The summed E-state index contributed by atoms with van der Waals surface area (Å²) < 4.78 is 82.2. The Kier molecular flexibility index (Phi) is 6.66. The molecule has 4 aliphatic rings. The van der Waals surface area contributed by atoms with Crippen molar-refractivity contribution in [2.24, 2.45) is 22.7 Å². The van der Waals surface area contributed by atoms with E-state index in [9.17, 15) is 41.7 Å². The summed E-state index contributed by atoms with van der Waals surface area (Å²) in [7, 11) is 0. The minimum absolute atomic E-state index is 0.0701. The van der Waals surface area contributed by atoms with Crippen LogP contribution in [0.3, 0.4) is 0 Å². The molecule has 3 fully saturated rings. The Morgan fingerprint density at radius 2 is 1.67 bits per heavy atom. The largest absolute Gasteiger partial charge is 0.426 e. The van der Waals surface area contributed by atoms with Gasteiger partial charge in [-0.15, -0.1) is 0 Å². The Labute approximate surface area is 207 Å². The molecule has 202 valence electrons. The van der Waals surface area contributed by atoms with Gasteiger partial charge >= 0.3 is 12.4 Å². The fourth-order valence-electron chi connectivity index (χ4n) is 7.18. The molecule has 0 aromatic carbocycles. The van der Waals surface area contributed by atoms with Crippen LogP contribution in [0, 0.1) is 22.7 Å². The maximum absolute atomic E-state index is 13.7. The number of fused-ring (bicyclic) bond motifs is 1. The van der Waals surface area contributed by atoms with Gasteiger partial charge in [-0.1, -0.05) is 49.8 Å². The van der Waals surface area contributed by atoms with Gasteiger partial charge < -0.3 is 15.3 Å². The number of aliphatic hydroxyl groups excluding tert-OH is 2. The zero-order valence-corrected chi connectivity index (χ0v) is 20.5. The summed E-state index contributed by atoms with van der Waals surface area (Å²) in [6.07, 6.45) is -4.04. The van der Waals surface area contributed by atoms with Crippen molar-refractivity contribution in [2.75, 3.05) is 0 Å². The van der Waals surface area contributed by atoms with Crippen LogP contribution in [0.1, 0.15) is 65.2 Å². The number of hydrogen-bond acceptors (Lipinski definition) is 3. The zero-order chi connectivity index (χ0) is 26.9. The minimum atomic E-state index is -5.85. The molecule has 0 heterocycles. The van der Waals surface area contributed by atoms with Crippen LogP contribution in [-0.4, -0.2) is 45.5 Å². The molecule has 3 saturated carbocycles. The van der Waals surface area contributed by atoms with Gasteiger partial charge in [0.25, 0.3) is 5.60 Å². The van der Waals surface area contributed by atoms with Crippen molar-refractivity contribution in [3.8, 4) is 0 Å². The molecule has 0 aromatic heterocycles. The monoisotopic (exact) mass is 520 g/mol. The summed E-state index contributed by atoms with van der Waals surface area (Å²) >= 11 is 0. The predicted molar refractivity (Wildman–Crippen MR) is 123 cm³/mol. The fourth-order valence-corrected chi connectivity index (χ4v) is 7.18. The van der Waals surface area contributed by atoms with Crippen molar-refractivity contribution < 1.29 is 41.7 Å². The molecule has 4 aliphatic carbocycles. The number of halogens is 6. The van der Waals surface area contributed by atoms with Crippen molar-refractivity contribution in [3.05, 3.63) is 47.1 Å². The molecular weight excluding hydrogens is 486 g/mol. The van der Waals surface area contributed by atoms with E-state index in [1.54, 1.807) is 0 Å². The van der Waals surface area contributed by atoms with Crippen molar-refractivity contribution in [3.63, 3.8) is 0 Å². The Morgan fingerprint density at radius 3 is 2.22 bits per heavy atom. The Balaban J connectivity index is 1.65. The van der Waals surface area contributed by atoms with Crippen molar-refractivity contribution in [1.82, 2.24) is 0 Å². The lowest BCUT2D eigenvalue weighted by molar-refractivity contribution is -0.388. The molecule has 9 heteroatoms. The van der Waals surface area contributed by atoms with E-state index in [2.05, 4.69) is 6.58 Å². The van der Waals surface area contributed by atoms with E-state index >= 15 is 0 Å². The van der Waals surface area contributed by atoms with E-state index in [-0.39, 0.29) is 25.2 Å². The standard InChI is InChI=1S/C27H34F6O3/c1-15-18(13-19(34)14-21(15)35)7-6-17-5-4-10-23(3)20(17)8-9-22(23)24(11-12-24)16(2)25(36,26(28,29)30)27(31,32)33/h6-7,9,16,19-21,34-36H,1,4-5,8,10-14H2,2-3H3/b17-6+,18-7-/t16?,19-,20+,21+,23+/m1/s1. The lowest BCUT2D eigenvalue weighted by atomic mass is 9.58. The highest BCUT2D eigenvalue weighted by Crippen LogP contribution is 2.71. The highest BCUT2D eigenvalue weighted by atomic mass is 19.4. The molecule has 0 aliphatic heterocycles. The normalized spacial score (nSPS) is 36.1. The number of allylic oxidation sites excluding steroid dienone is 5. The Bertz CT molecular complexity index is 986. The average molecular weight is 521 g/mol. The van der Waals surface area contributed by atoms with Gasteiger partial charge in [0, 0.05) is 12.3 Å². The predicted octanol–water partition coefficient (Wildman–Crippen LogP) is 6.32. The van der Waals surface area contributed by atoms with Crippen LogP contribution < -0.4 is 0 Å². The second kappa shape index (κ2) is 8.73. The fraction of sp³-hybridized carbons (Fsp3) is 0.704. The molecule has 3 nitrogen and oxygen atoms in total. The first kappa shape index (κ1) is 27.5. The molecule has 0 saturated heterocycles. The third-order valence-electron chi connectivity index (χ3n) is 9.46. The first-order chi connectivity index (χ1) is 16.5. The Morgan fingerprint density at radius 1 is 1.06 bits per heavy atom. The second-order valence-electron chi connectivity index (χ2n) is 11.4. The van der Waals surface area contributed by atoms with Gasteiger partial charge in [-0.25, -0.2) is 0 Å². The van der Waals surface area contributed by atoms with Crippen LogP contribution in [0.4, 0.5) is 26.3 Å². The van der Waals surface area contributed by atoms with E-state index in [4.69, 9.17) is 0 Å². The minimum Gasteiger partial charge on any atom is -0.393 e. The SMILES string of the molecule is C=C1/C(=C\C=C2/CCC[C@]3(C)C(C4(C(C)C(O)(C(F)(F)F)C(F)(F)F)CC4)=CC[C@@H]23)C[C@@H](O)C[C@@H]1O. The number of alkyl halides is 6. The van der Waals surface area contributed by atoms with E-state index in [0.717, 1.165) is 30.9 Å². The smallest absolute Gasteiger partial charge is 0.393 e. The van der Waals surface area contributed by atoms with E-state index in [0.29, 0.717) is 30.4 Å². The Hall–Kier alpha value is -1.58. The third-order valence-corrected chi connectivity index (χ3v) is 9.46. The van der Waals surface area contributed by atoms with Crippen LogP contribution in [0.5, 0.6) is 0 Å². The maximum Gasteiger partial charge on any atom is 0.426 e. The van der Waals surface area contributed by atoms with Gasteiger partial charge in [0.05, 0.1) is 12.2 Å². The molecular formula is C27H34F6O3. The molecule has 0 aromatic rings. The molecule has 0 bridgehead atoms. The van der Waals surface area contributed by atoms with Gasteiger partial charge in [0.1, 0.15) is 0 Å². The van der Waals surface area contributed by atoms with E-state index < -0.39 is 46.9 Å². The molecule has 0 amide bonds. The van der Waals surface area contributed by atoms with Crippen LogP contribution in [0.15, 0.2) is 47.1 Å². The van der Waals surface area contributed by atoms with Crippen LogP contribution in [-0.2, 0) is 0 Å². The summed E-state index contributed by atoms with van der Waals surface area (Å²) in [5.74, 6) is -2.14. The molecule has 3 N–H and O–H groups in total. The summed E-state index contributed by atoms with van der Waals surface area (Å²) in [4.78, 5) is 0. The average Bonchev–Trinajstić information content (AvgIpc) is 3.47. The second-order valence-corrected chi connectivity index (χ2v) is 11.4. The lowest BCUT2D eigenvalue weighted by Crippen LogP contribution is -2.63. The van der Waals surface area contributed by atoms with Gasteiger partial charge in [-0.3, -0.25) is 0 Å². The molecule has 0 spiro atoms. The highest BCUT2D eigenvalue weighted by Gasteiger charge is 2.78. The molecule has 1 unspecified atom stereocenters. The summed E-state index contributed by atoms with van der Waals surface area (Å²) in [6.45, 7) is 6.73. The quantitative estimate of drug-likeness (QED) is 0.300. The maximum atomic E-state index is 13.7. The number of hydrogen-bond donors (Lipinski definition) is 3. The van der Waals surface area contributed by atoms with Crippen LogP contribution in [0.25, 0.3) is 0 Å². The van der Waals surface area contributed by atoms with Gasteiger partial charge in [0.2, 0.25) is 0 Å². The molecule has 4 rings (SSSR count). The highest BCUT2D eigenvalue weighted by molar-refractivity contribution is 5.43. The van der Waals surface area contributed by atoms with E-state index in [1.165, 1.54) is 0 Å². The van der Waals surface area contributed by atoms with Crippen molar-refractivity contribution in [2.45, 2.75) is 95.4 Å². The third kappa shape index (κ3) is 4.09. The lowest BCUT2D eigenvalue weighted by Gasteiger charge is -2.47. The zero-order valence-electron chi connectivity index (χ0n) is 20.5. The summed E-state index contributed by atoms with van der Waals surface area (Å²) in [5, 5.41) is 30.3. The van der Waals surface area contributed by atoms with Gasteiger partial charge in [-0.2, -0.15) is 26.3 Å². The molecule has 5 atom stereocenters. The van der Waals surface area contributed by atoms with Gasteiger partial charge in [0.15, 0.2) is 0 Å². The first-order valence-electron chi connectivity index (χ1n) is 12.5. The first-order valence-corrected chi connectivity index (χ1v) is 12.5. The van der Waals surface area contributed by atoms with Gasteiger partial charge in [-0.05, 0) is 72.8 Å². The number of aliphatic hydroxyl groups is 3. The molecule has 0 radical (unpaired) electrons. The summed E-state index contributed by atoms with van der Waals surface area (Å²) in [5.41, 5.74) is -3.79. The topological polar surface area (TPSA) is 60.7 Å². The van der Waals surface area contributed by atoms with Crippen molar-refractivity contribution >= 4 is 0 Å². The number of rotatable bonds is 4. The van der Waals surface area contributed by atoms with Crippen LogP contribution in [0.2, 0.25) is 0 Å². The summed E-state index contributed by atoms with van der Waals surface area (Å²) in [6, 6.07) is 0. The van der Waals surface area contributed by atoms with Crippen molar-refractivity contribution in [1.29, 1.82) is 0 Å². The molecule has 36 heavy (non-hydrogen) atoms. The van der Waals surface area contributed by atoms with Crippen LogP contribution >= 0.6 is 0 Å². The van der Waals surface area contributed by atoms with E-state index in [1.807, 2.05) is 25.2 Å².